The van der Waals surface area contributed by atoms with Crippen LogP contribution >= 0.6 is 72.6 Å². The van der Waals surface area contributed by atoms with E-state index in [9.17, 15) is 29.1 Å². The summed E-state index contributed by atoms with van der Waals surface area (Å²) >= 11 is 10.4. The molecular formula is C94H79BrN24O8S5. The first kappa shape index (κ1) is 93.6. The summed E-state index contributed by atoms with van der Waals surface area (Å²) in [6.07, 6.45) is 9.62. The summed E-state index contributed by atoms with van der Waals surface area (Å²) in [6, 6.07) is 63.2. The number of aryl methyl sites for hydroxylation is 1. The second kappa shape index (κ2) is 45.6. The fraction of sp³-hybridized carbons (Fsp3) is 0.138. The number of anilines is 5. The van der Waals surface area contributed by atoms with Gasteiger partial charge in [-0.15, -0.1) is 0 Å². The van der Waals surface area contributed by atoms with E-state index in [0.29, 0.717) is 128 Å². The molecule has 38 heteroatoms. The van der Waals surface area contributed by atoms with Crippen molar-refractivity contribution in [3.63, 3.8) is 0 Å². The number of amides is 10. The molecule has 0 atom stereocenters. The van der Waals surface area contributed by atoms with Crippen LogP contribution in [0.25, 0.3) is 107 Å². The second-order valence-corrected chi connectivity index (χ2v) is 33.8. The molecule has 17 rings (SSSR count). The topological polar surface area (TPSA) is 468 Å². The highest BCUT2D eigenvalue weighted by atomic mass is 79.9. The lowest BCUT2D eigenvalue weighted by Crippen LogP contribution is -2.28. The third-order valence-corrected chi connectivity index (χ3v) is 24.4. The first-order chi connectivity index (χ1) is 64.2. The number of carbonyl (C=O) groups excluding carboxylic acids is 5. The van der Waals surface area contributed by atoms with Crippen LogP contribution in [0.4, 0.5) is 49.6 Å². The van der Waals surface area contributed by atoms with Gasteiger partial charge in [0.05, 0.1) is 96.1 Å². The normalized spacial score (nSPS) is 10.4. The molecule has 0 saturated carbocycles. The van der Waals surface area contributed by atoms with Crippen LogP contribution in [0.15, 0.2) is 224 Å². The Hall–Kier alpha value is -16.1. The molecular weight excluding hydrogens is 1830 g/mol. The predicted molar refractivity (Wildman–Crippen MR) is 522 cm³/mol. The maximum absolute atomic E-state index is 11.9. The van der Waals surface area contributed by atoms with Crippen molar-refractivity contribution in [2.75, 3.05) is 59.3 Å². The number of nitriles is 4. The molecule has 0 saturated heterocycles. The van der Waals surface area contributed by atoms with Crippen LogP contribution in [0.3, 0.4) is 0 Å². The van der Waals surface area contributed by atoms with Gasteiger partial charge in [-0.2, -0.15) is 21.0 Å². The van der Waals surface area contributed by atoms with Crippen molar-refractivity contribution in [2.24, 2.45) is 0 Å². The third kappa shape index (κ3) is 25.0. The first-order valence-corrected chi connectivity index (χ1v) is 45.6. The molecule has 0 aliphatic carbocycles. The number of nitrogens with zero attached hydrogens (tertiary/aromatic N) is 14. The number of pyridine rings is 5. The predicted octanol–water partition coefficient (Wildman–Crippen LogP) is 20.9. The van der Waals surface area contributed by atoms with E-state index in [1.54, 1.807) is 67.3 Å². The second-order valence-electron chi connectivity index (χ2n) is 27.9. The van der Waals surface area contributed by atoms with E-state index in [-0.39, 0.29) is 35.9 Å². The van der Waals surface area contributed by atoms with Gasteiger partial charge in [0.2, 0.25) is 0 Å². The lowest BCUT2D eigenvalue weighted by atomic mass is 10.0. The van der Waals surface area contributed by atoms with Crippen molar-refractivity contribution >= 4 is 180 Å². The van der Waals surface area contributed by atoms with Crippen molar-refractivity contribution in [2.45, 2.75) is 54.8 Å². The maximum atomic E-state index is 11.9. The Morgan fingerprint density at radius 2 is 0.697 bits per heavy atom. The molecule has 10 aromatic heterocycles. The number of urea groups is 5. The van der Waals surface area contributed by atoms with Crippen molar-refractivity contribution in [1.82, 2.24) is 76.4 Å². The van der Waals surface area contributed by atoms with Crippen molar-refractivity contribution < 1.29 is 38.6 Å². The van der Waals surface area contributed by atoms with E-state index < -0.39 is 0 Å². The van der Waals surface area contributed by atoms with Crippen LogP contribution in [0.5, 0.6) is 17.2 Å². The number of hydrogen-bond donors (Lipinski definition) is 11. The average molecular weight is 1910 g/mol. The number of rotatable bonds is 21. The van der Waals surface area contributed by atoms with Gasteiger partial charge in [-0.1, -0.05) is 123 Å². The summed E-state index contributed by atoms with van der Waals surface area (Å²) in [5.74, 6) is 1.43. The molecule has 17 aromatic rings. The highest BCUT2D eigenvalue weighted by molar-refractivity contribution is 9.10. The van der Waals surface area contributed by atoms with Gasteiger partial charge < -0.3 is 41.2 Å². The maximum Gasteiger partial charge on any atom is 0.321 e. The molecule has 10 amide bonds. The molecule has 10 heterocycles. The fourth-order valence-electron chi connectivity index (χ4n) is 12.6. The number of fused-ring (bicyclic) bond motifs is 5. The Balaban J connectivity index is 0.000000141. The van der Waals surface area contributed by atoms with E-state index in [4.69, 9.17) is 30.5 Å². The molecule has 0 radical (unpaired) electrons. The molecule has 0 aliphatic heterocycles. The fourth-order valence-corrected chi connectivity index (χ4v) is 17.9. The largest absolute Gasteiger partial charge is 0.508 e. The smallest absolute Gasteiger partial charge is 0.321 e. The van der Waals surface area contributed by atoms with Gasteiger partial charge in [-0.05, 0) is 177 Å². The molecule has 132 heavy (non-hydrogen) atoms. The molecule has 32 nitrogen and oxygen atoms in total. The molecule has 7 aromatic carbocycles. The standard InChI is InChI=1S/C23H19N5O2S.C21H16N6OS.C17H16BrN3O2S.C17H15N5OS.C16H13N5O2S/c1-2-25-22(29)28-23-27-20-11-17(30-14-15-6-4-3-5-7-15)10-18(21(20)31-23)19-9-8-16(12-24)13-26-19;1-2-24-20(28)27-21-26-18-9-15(14-4-3-7-23-12-14)8-16(19(18)29-21)17-6-5-13(10-22)11-25-17;1-2-19-16(22)21-17-20-14-9-12(8-13(18)15(14)24-17)23-10-11-6-4-3-5-7-11;1-3-19-16(23)22-17-21-14-7-10(2)6-12(15(14)24-17)13-5-4-11(8-18)9-20-13;1-2-18-15(23)21-16-20-13-6-10(22)5-11(14(13)24-16)12-4-3-9(7-17)8-19-12/h3-11,13H,2,14H2,1H3,(H2,25,27,28,29);3-9,11-12H,2H2,1H3,(H2,24,26,27,28);3-9H,2,10H2,1H3,(H2,19,20,21,22);4-7,9H,3H2,1-2H3,(H2,19,21,22,23);3-6,8,22H,2H2,1H3,(H2,18,20,21,23). The lowest BCUT2D eigenvalue weighted by Gasteiger charge is -2.09. The van der Waals surface area contributed by atoms with E-state index in [2.05, 4.69) is 137 Å². The molecule has 0 aliphatic rings. The Morgan fingerprint density at radius 1 is 0.364 bits per heavy atom. The molecule has 11 N–H and O–H groups in total. The lowest BCUT2D eigenvalue weighted by molar-refractivity contribution is 0.251. The van der Waals surface area contributed by atoms with E-state index in [1.807, 2.05) is 181 Å². The number of halogens is 1. The highest BCUT2D eigenvalue weighted by Gasteiger charge is 2.22. The van der Waals surface area contributed by atoms with Gasteiger partial charge in [0.25, 0.3) is 0 Å². The number of phenols is 1. The summed E-state index contributed by atoms with van der Waals surface area (Å²) in [6.45, 7) is 14.8. The van der Waals surface area contributed by atoms with Crippen LogP contribution in [0.1, 0.15) is 73.6 Å². The number of thiazole rings is 5. The Morgan fingerprint density at radius 3 is 1.05 bits per heavy atom. The minimum atomic E-state index is -0.334. The first-order valence-electron chi connectivity index (χ1n) is 40.7. The zero-order valence-electron chi connectivity index (χ0n) is 71.2. The number of hydrogen-bond acceptors (Lipinski definition) is 27. The molecule has 660 valence electrons. The van der Waals surface area contributed by atoms with Gasteiger partial charge >= 0.3 is 30.2 Å². The summed E-state index contributed by atoms with van der Waals surface area (Å²) in [5.41, 5.74) is 16.8. The summed E-state index contributed by atoms with van der Waals surface area (Å²) in [7, 11) is 0. The van der Waals surface area contributed by atoms with Crippen LogP contribution < -0.4 is 62.6 Å². The molecule has 0 fully saturated rings. The average Bonchev–Trinajstić information content (AvgIpc) is 1.63. The quantitative estimate of drug-likeness (QED) is 0.0318. The zero-order valence-corrected chi connectivity index (χ0v) is 76.9. The van der Waals surface area contributed by atoms with Gasteiger partial charge in [-0.25, -0.2) is 48.9 Å². The number of nitrogens with one attached hydrogen (secondary N) is 10. The summed E-state index contributed by atoms with van der Waals surface area (Å²) in [4.78, 5) is 103. The van der Waals surface area contributed by atoms with Crippen molar-refractivity contribution in [3.05, 3.63) is 263 Å². The molecule has 0 bridgehead atoms. The third-order valence-electron chi connectivity index (χ3n) is 18.4. The van der Waals surface area contributed by atoms with Gasteiger partial charge in [0.15, 0.2) is 25.7 Å². The summed E-state index contributed by atoms with van der Waals surface area (Å²) < 4.78 is 17.2. The van der Waals surface area contributed by atoms with Gasteiger partial charge in [0, 0.05) is 120 Å². The number of aromatic nitrogens is 10. The van der Waals surface area contributed by atoms with Gasteiger partial charge in [-0.3, -0.25) is 51.5 Å². The highest BCUT2D eigenvalue weighted by Crippen LogP contribution is 2.43. The number of benzene rings is 7. The number of aromatic hydroxyl groups is 1. The molecule has 0 spiro atoms. The van der Waals surface area contributed by atoms with Crippen LogP contribution in [-0.2, 0) is 13.2 Å². The Bertz CT molecular complexity index is 7010. The van der Waals surface area contributed by atoms with Crippen LogP contribution in [-0.4, -0.2) is 118 Å². The van der Waals surface area contributed by atoms with E-state index in [1.165, 1.54) is 75.1 Å². The van der Waals surface area contributed by atoms with Crippen LogP contribution in [0, 0.1) is 52.2 Å². The number of phenolic OH excluding ortho intramolecular Hbond substituents is 1. The Kier molecular flexibility index (Phi) is 32.3. The SMILES string of the molecule is CCNC(=O)Nc1nc2cc(-c3cccnc3)cc(-c3ccc(C#N)cn3)c2s1.CCNC(=O)Nc1nc2cc(C)cc(-c3ccc(C#N)cn3)c2s1.CCNC(=O)Nc1nc2cc(O)cc(-c3ccc(C#N)cn3)c2s1.CCNC(=O)Nc1nc2cc(OCc3ccccc3)cc(-c3ccc(C#N)cn3)c2s1.CCNC(=O)Nc1nc2cc(OCc3ccccc3)cc(Br)c2s1. The van der Waals surface area contributed by atoms with Crippen molar-refractivity contribution in [3.8, 4) is 97.7 Å². The van der Waals surface area contributed by atoms with E-state index in [0.717, 1.165) is 106 Å². The minimum absolute atomic E-state index is 0.0542. The number of ether oxygens (including phenoxy) is 2. The van der Waals surface area contributed by atoms with Crippen molar-refractivity contribution in [1.29, 1.82) is 21.0 Å². The monoisotopic (exact) mass is 1910 g/mol. The summed E-state index contributed by atoms with van der Waals surface area (Å²) in [5, 5.41) is 75.4. The number of carbonyl (C=O) groups is 5. The molecule has 0 unspecified atom stereocenters. The van der Waals surface area contributed by atoms with E-state index >= 15 is 0 Å². The minimum Gasteiger partial charge on any atom is -0.508 e. The Labute approximate surface area is 784 Å². The van der Waals surface area contributed by atoms with Crippen LogP contribution in [0.2, 0.25) is 0 Å². The zero-order chi connectivity index (χ0) is 93.0. The van der Waals surface area contributed by atoms with Gasteiger partial charge in [0.1, 0.15) is 54.7 Å².